The first-order chi connectivity index (χ1) is 20.3. The highest BCUT2D eigenvalue weighted by atomic mass is 35.5. The third kappa shape index (κ3) is 5.18. The number of rotatable bonds is 7. The fourth-order valence-electron chi connectivity index (χ4n) is 6.86. The molecule has 2 heterocycles. The van der Waals surface area contributed by atoms with Gasteiger partial charge < -0.3 is 25.2 Å². The van der Waals surface area contributed by atoms with E-state index in [1.165, 1.54) is 38.5 Å². The van der Waals surface area contributed by atoms with Gasteiger partial charge in [0.15, 0.2) is 0 Å². The summed E-state index contributed by atoms with van der Waals surface area (Å²) in [6, 6.07) is 10.3. The average Bonchev–Trinajstić information content (AvgIpc) is 3.43. The minimum atomic E-state index is -1.35. The zero-order chi connectivity index (χ0) is 31.3. The second-order valence-electron chi connectivity index (χ2n) is 12.2. The maximum atomic E-state index is 16.0. The van der Waals surface area contributed by atoms with Crippen molar-refractivity contribution in [3.63, 3.8) is 0 Å². The van der Waals surface area contributed by atoms with E-state index in [1.807, 2.05) is 0 Å². The molecule has 1 aliphatic carbocycles. The fourth-order valence-corrected chi connectivity index (χ4v) is 7.04. The summed E-state index contributed by atoms with van der Waals surface area (Å²) in [6.07, 6.45) is 2.38. The number of carbonyl (C=O) groups excluding carboxylic acids is 2. The molecule has 3 N–H and O–H groups in total. The molecule has 43 heavy (non-hydrogen) atoms. The van der Waals surface area contributed by atoms with Crippen molar-refractivity contribution in [1.82, 2.24) is 4.98 Å². The van der Waals surface area contributed by atoms with Crippen molar-refractivity contribution >= 4 is 40.8 Å². The molecule has 0 unspecified atom stereocenters. The number of hydrogen-bond acceptors (Lipinski definition) is 6. The fraction of sp³-hybridized carbons (Fsp3) is 0.375. The Morgan fingerprint density at radius 1 is 1.19 bits per heavy atom. The number of nitrogens with one attached hydrogen (secondary N) is 2. The molecule has 2 amide bonds. The van der Waals surface area contributed by atoms with Crippen molar-refractivity contribution in [3.8, 4) is 11.6 Å². The van der Waals surface area contributed by atoms with E-state index >= 15 is 4.39 Å². The minimum absolute atomic E-state index is 0.0130. The van der Waals surface area contributed by atoms with Gasteiger partial charge in [0.25, 0.3) is 0 Å². The molecule has 9 nitrogen and oxygen atoms in total. The summed E-state index contributed by atoms with van der Waals surface area (Å²) >= 11 is 6.27. The summed E-state index contributed by atoms with van der Waals surface area (Å²) < 4.78 is 26.6. The van der Waals surface area contributed by atoms with Gasteiger partial charge in [-0.05, 0) is 54.0 Å². The lowest BCUT2D eigenvalue weighted by Gasteiger charge is -2.38. The molecule has 2 aromatic carbocycles. The summed E-state index contributed by atoms with van der Waals surface area (Å²) in [5.74, 6) is -4.45. The number of amides is 2. The van der Waals surface area contributed by atoms with Gasteiger partial charge in [-0.25, -0.2) is 14.2 Å². The van der Waals surface area contributed by atoms with Crippen molar-refractivity contribution in [2.75, 3.05) is 24.9 Å². The zero-order valence-electron chi connectivity index (χ0n) is 24.5. The first-order valence-electron chi connectivity index (χ1n) is 13.8. The van der Waals surface area contributed by atoms with Gasteiger partial charge >= 0.3 is 5.97 Å². The van der Waals surface area contributed by atoms with Crippen LogP contribution >= 0.6 is 11.6 Å². The van der Waals surface area contributed by atoms with Gasteiger partial charge in [0.1, 0.15) is 11.6 Å². The Morgan fingerprint density at radius 3 is 2.58 bits per heavy atom. The predicted molar refractivity (Wildman–Crippen MR) is 159 cm³/mol. The van der Waals surface area contributed by atoms with E-state index in [1.54, 1.807) is 24.4 Å². The molecule has 1 fully saturated rings. The standard InChI is InChI=1S/C32H33ClFN3O6/c1-31(2,3)14-17-12-19(28(38)36-22-10-9-16(29(39)40)11-24(22)42-4)26(18-7-6-8-21(33)27(18)34)32(17)20-15-35-25(43-5)13-23(20)37-30(32)41/h6-11,13,15,17,19,26H,12,14H2,1-5H3,(H,36,38)(H,37,41)(H,39,40)/t17-,19+,26-,32-/m0/s1. The van der Waals surface area contributed by atoms with Gasteiger partial charge in [0.2, 0.25) is 17.7 Å². The van der Waals surface area contributed by atoms with Crippen LogP contribution in [0.25, 0.3) is 0 Å². The number of carbonyl (C=O) groups is 3. The highest BCUT2D eigenvalue weighted by Gasteiger charge is 2.66. The van der Waals surface area contributed by atoms with E-state index in [9.17, 15) is 19.5 Å². The molecule has 226 valence electrons. The lowest BCUT2D eigenvalue weighted by Crippen LogP contribution is -2.45. The molecule has 1 aromatic heterocycles. The van der Waals surface area contributed by atoms with Gasteiger partial charge in [-0.3, -0.25) is 9.59 Å². The third-order valence-corrected chi connectivity index (χ3v) is 8.74. The molecular weight excluding hydrogens is 577 g/mol. The molecule has 5 rings (SSSR count). The van der Waals surface area contributed by atoms with Crippen molar-refractivity contribution in [2.45, 2.75) is 44.9 Å². The van der Waals surface area contributed by atoms with Crippen LogP contribution in [0.4, 0.5) is 15.8 Å². The smallest absolute Gasteiger partial charge is 0.335 e. The number of aromatic carboxylic acids is 1. The predicted octanol–water partition coefficient (Wildman–Crippen LogP) is 6.27. The number of aromatic nitrogens is 1. The lowest BCUT2D eigenvalue weighted by atomic mass is 9.62. The van der Waals surface area contributed by atoms with E-state index in [2.05, 4.69) is 36.4 Å². The van der Waals surface area contributed by atoms with Crippen molar-refractivity contribution in [2.24, 2.45) is 17.3 Å². The normalized spacial score (nSPS) is 22.7. The Balaban J connectivity index is 1.71. The number of carboxylic acid groups (broad SMARTS) is 1. The van der Waals surface area contributed by atoms with Crippen molar-refractivity contribution < 1.29 is 33.4 Å². The zero-order valence-corrected chi connectivity index (χ0v) is 25.2. The van der Waals surface area contributed by atoms with Crippen LogP contribution in [0.1, 0.15) is 61.0 Å². The van der Waals surface area contributed by atoms with Gasteiger partial charge in [-0.15, -0.1) is 0 Å². The molecule has 0 bridgehead atoms. The Bertz CT molecular complexity index is 1620. The lowest BCUT2D eigenvalue weighted by molar-refractivity contribution is -0.123. The van der Waals surface area contributed by atoms with E-state index in [0.717, 1.165) is 0 Å². The Kier molecular flexibility index (Phi) is 7.85. The van der Waals surface area contributed by atoms with Crippen LogP contribution in [0, 0.1) is 23.1 Å². The van der Waals surface area contributed by atoms with E-state index in [0.29, 0.717) is 23.6 Å². The van der Waals surface area contributed by atoms with Crippen LogP contribution in [0.5, 0.6) is 11.6 Å². The second-order valence-corrected chi connectivity index (χ2v) is 12.6. The van der Waals surface area contributed by atoms with Crippen LogP contribution in [-0.4, -0.2) is 42.1 Å². The number of carboxylic acids is 1. The molecule has 0 radical (unpaired) electrons. The van der Waals surface area contributed by atoms with Crippen molar-refractivity contribution in [1.29, 1.82) is 0 Å². The topological polar surface area (TPSA) is 127 Å². The molecule has 3 aromatic rings. The van der Waals surface area contributed by atoms with Crippen molar-refractivity contribution in [3.05, 3.63) is 76.2 Å². The highest BCUT2D eigenvalue weighted by Crippen LogP contribution is 2.64. The molecule has 1 aliphatic heterocycles. The third-order valence-electron chi connectivity index (χ3n) is 8.45. The number of methoxy groups -OCH3 is 2. The number of pyridine rings is 1. The van der Waals surface area contributed by atoms with E-state index < -0.39 is 34.9 Å². The van der Waals surface area contributed by atoms with Crippen LogP contribution in [0.2, 0.25) is 5.02 Å². The summed E-state index contributed by atoms with van der Waals surface area (Å²) in [6.45, 7) is 6.16. The SMILES string of the molecule is COc1cc2c(cn1)[C@@]1(C(=O)N2)[C@H](CC(C)(C)C)C[C@@H](C(=O)Nc2ccc(C(=O)O)cc2OC)[C@@H]1c1cccc(Cl)c1F. The average molecular weight is 610 g/mol. The minimum Gasteiger partial charge on any atom is -0.495 e. The molecule has 4 atom stereocenters. The summed E-state index contributed by atoms with van der Waals surface area (Å²) in [7, 11) is 2.84. The summed E-state index contributed by atoms with van der Waals surface area (Å²) in [5, 5.41) is 15.1. The molecule has 11 heteroatoms. The Hall–Kier alpha value is -4.18. The number of benzene rings is 2. The second kappa shape index (κ2) is 11.1. The van der Waals surface area contributed by atoms with Gasteiger partial charge in [0.05, 0.1) is 41.6 Å². The molecule has 0 saturated heterocycles. The number of anilines is 2. The highest BCUT2D eigenvalue weighted by molar-refractivity contribution is 6.30. The van der Waals surface area contributed by atoms with Crippen LogP contribution in [0.3, 0.4) is 0 Å². The first kappa shape index (κ1) is 30.3. The summed E-state index contributed by atoms with van der Waals surface area (Å²) in [5.41, 5.74) is -0.159. The maximum Gasteiger partial charge on any atom is 0.335 e. The van der Waals surface area contributed by atoms with Crippen LogP contribution < -0.4 is 20.1 Å². The molecule has 2 aliphatic rings. The number of nitrogens with zero attached hydrogens (tertiary/aromatic N) is 1. The maximum absolute atomic E-state index is 16.0. The molecule has 1 spiro atoms. The van der Waals surface area contributed by atoms with E-state index in [4.69, 9.17) is 21.1 Å². The van der Waals surface area contributed by atoms with Crippen LogP contribution in [-0.2, 0) is 15.0 Å². The van der Waals surface area contributed by atoms with Crippen LogP contribution in [0.15, 0.2) is 48.7 Å². The number of halogens is 2. The number of hydrogen-bond donors (Lipinski definition) is 3. The number of fused-ring (bicyclic) bond motifs is 2. The quantitative estimate of drug-likeness (QED) is 0.288. The monoisotopic (exact) mass is 609 g/mol. The molecular formula is C32H33ClFN3O6. The Labute approximate surface area is 253 Å². The first-order valence-corrected chi connectivity index (χ1v) is 14.2. The largest absolute Gasteiger partial charge is 0.495 e. The van der Waals surface area contributed by atoms with Gasteiger partial charge in [-0.1, -0.05) is 44.5 Å². The van der Waals surface area contributed by atoms with E-state index in [-0.39, 0.29) is 51.2 Å². The summed E-state index contributed by atoms with van der Waals surface area (Å²) in [4.78, 5) is 44.5. The number of ether oxygens (including phenoxy) is 2. The van der Waals surface area contributed by atoms with Gasteiger partial charge in [-0.2, -0.15) is 0 Å². The Morgan fingerprint density at radius 2 is 1.93 bits per heavy atom. The molecule has 1 saturated carbocycles. The van der Waals surface area contributed by atoms with Gasteiger partial charge in [0, 0.05) is 29.7 Å².